The van der Waals surface area contributed by atoms with Gasteiger partial charge < -0.3 is 5.11 Å². The van der Waals surface area contributed by atoms with Gasteiger partial charge in [0.1, 0.15) is 5.82 Å². The summed E-state index contributed by atoms with van der Waals surface area (Å²) in [6, 6.07) is 4.47. The van der Waals surface area contributed by atoms with Gasteiger partial charge in [-0.05, 0) is 19.1 Å². The average molecular weight is 201 g/mol. The van der Waals surface area contributed by atoms with E-state index in [2.05, 4.69) is 0 Å². The van der Waals surface area contributed by atoms with Crippen LogP contribution in [0.5, 0.6) is 0 Å². The smallest absolute Gasteiger partial charge is 0.131 e. The molecule has 1 unspecified atom stereocenters. The minimum Gasteiger partial charge on any atom is -0.389 e. The Hall–Kier alpha value is -0.860. The number of benzene rings is 1. The van der Waals surface area contributed by atoms with E-state index in [-0.39, 0.29) is 5.82 Å². The van der Waals surface area contributed by atoms with Crippen molar-refractivity contribution in [3.05, 3.63) is 40.7 Å². The summed E-state index contributed by atoms with van der Waals surface area (Å²) in [6.07, 6.45) is 2.35. The first kappa shape index (κ1) is 10.2. The topological polar surface area (TPSA) is 20.2 Å². The zero-order chi connectivity index (χ0) is 9.84. The third-order valence-electron chi connectivity index (χ3n) is 1.54. The van der Waals surface area contributed by atoms with Gasteiger partial charge in [0.15, 0.2) is 0 Å². The predicted octanol–water partition coefficient (Wildman–Crippen LogP) is 2.87. The van der Waals surface area contributed by atoms with Crippen molar-refractivity contribution in [3.63, 3.8) is 0 Å². The van der Waals surface area contributed by atoms with Crippen molar-refractivity contribution in [1.29, 1.82) is 0 Å². The van der Waals surface area contributed by atoms with E-state index >= 15 is 0 Å². The van der Waals surface area contributed by atoms with Gasteiger partial charge in [0.2, 0.25) is 0 Å². The Morgan fingerprint density at radius 3 is 2.77 bits per heavy atom. The van der Waals surface area contributed by atoms with Crippen molar-refractivity contribution in [2.24, 2.45) is 0 Å². The Labute approximate surface area is 81.5 Å². The number of rotatable bonds is 2. The van der Waals surface area contributed by atoms with Crippen LogP contribution in [0, 0.1) is 5.82 Å². The van der Waals surface area contributed by atoms with Gasteiger partial charge in [0, 0.05) is 5.56 Å². The fraction of sp³-hybridized carbons (Fsp3) is 0.200. The van der Waals surface area contributed by atoms with Crippen molar-refractivity contribution in [2.75, 3.05) is 0 Å². The van der Waals surface area contributed by atoms with Crippen LogP contribution in [-0.2, 0) is 0 Å². The second-order valence-corrected chi connectivity index (χ2v) is 3.14. The summed E-state index contributed by atoms with van der Waals surface area (Å²) in [5.74, 6) is -0.385. The molecule has 1 aromatic carbocycles. The lowest BCUT2D eigenvalue weighted by atomic mass is 10.2. The van der Waals surface area contributed by atoms with Crippen LogP contribution in [0.3, 0.4) is 0 Å². The SMILES string of the molecule is CC(O)C=Cc1c(F)cccc1Cl. The molecule has 1 nitrogen and oxygen atoms in total. The molecule has 70 valence electrons. The highest BCUT2D eigenvalue weighted by Crippen LogP contribution is 2.20. The summed E-state index contributed by atoms with van der Waals surface area (Å²) in [7, 11) is 0. The lowest BCUT2D eigenvalue weighted by molar-refractivity contribution is 0.245. The van der Waals surface area contributed by atoms with Gasteiger partial charge >= 0.3 is 0 Å². The van der Waals surface area contributed by atoms with Crippen molar-refractivity contribution in [1.82, 2.24) is 0 Å². The van der Waals surface area contributed by atoms with E-state index in [9.17, 15) is 4.39 Å². The molecule has 0 aliphatic carbocycles. The molecule has 0 aromatic heterocycles. The number of halogens is 2. The van der Waals surface area contributed by atoms with Crippen LogP contribution in [0.25, 0.3) is 6.08 Å². The molecular formula is C10H10ClFO. The Morgan fingerprint density at radius 2 is 2.23 bits per heavy atom. The first-order chi connectivity index (χ1) is 6.11. The molecule has 0 bridgehead atoms. The van der Waals surface area contributed by atoms with Gasteiger partial charge in [0.05, 0.1) is 11.1 Å². The molecule has 0 saturated carbocycles. The van der Waals surface area contributed by atoms with Crippen LogP contribution in [0.4, 0.5) is 4.39 Å². The number of hydrogen-bond donors (Lipinski definition) is 1. The number of aliphatic hydroxyl groups excluding tert-OH is 1. The van der Waals surface area contributed by atoms with Gasteiger partial charge in [0.25, 0.3) is 0 Å². The Balaban J connectivity index is 3.00. The van der Waals surface area contributed by atoms with Crippen LogP contribution in [-0.4, -0.2) is 11.2 Å². The maximum absolute atomic E-state index is 13.1. The minimum absolute atomic E-state index is 0.310. The van der Waals surface area contributed by atoms with E-state index in [1.54, 1.807) is 13.0 Å². The third-order valence-corrected chi connectivity index (χ3v) is 1.87. The molecule has 0 heterocycles. The van der Waals surface area contributed by atoms with E-state index in [1.807, 2.05) is 0 Å². The van der Waals surface area contributed by atoms with Crippen LogP contribution in [0.1, 0.15) is 12.5 Å². The van der Waals surface area contributed by atoms with Crippen LogP contribution in [0.2, 0.25) is 5.02 Å². The maximum Gasteiger partial charge on any atom is 0.131 e. The Kier molecular flexibility index (Phi) is 3.46. The molecule has 1 aromatic rings. The van der Waals surface area contributed by atoms with Crippen LogP contribution in [0.15, 0.2) is 24.3 Å². The second-order valence-electron chi connectivity index (χ2n) is 2.74. The molecule has 0 amide bonds. The predicted molar refractivity (Wildman–Crippen MR) is 52.1 cm³/mol. The summed E-state index contributed by atoms with van der Waals surface area (Å²) in [5, 5.41) is 9.29. The lowest BCUT2D eigenvalue weighted by Gasteiger charge is -2.00. The molecule has 3 heteroatoms. The minimum atomic E-state index is -0.601. The fourth-order valence-electron chi connectivity index (χ4n) is 0.905. The van der Waals surface area contributed by atoms with Crippen molar-refractivity contribution in [3.8, 4) is 0 Å². The highest BCUT2D eigenvalue weighted by atomic mass is 35.5. The van der Waals surface area contributed by atoms with Crippen molar-refractivity contribution >= 4 is 17.7 Å². The first-order valence-electron chi connectivity index (χ1n) is 3.91. The number of aliphatic hydroxyl groups is 1. The van der Waals surface area contributed by atoms with Gasteiger partial charge in [-0.15, -0.1) is 0 Å². The van der Waals surface area contributed by atoms with Crippen LogP contribution >= 0.6 is 11.6 Å². The lowest BCUT2D eigenvalue weighted by Crippen LogP contribution is -1.92. The molecule has 1 rings (SSSR count). The largest absolute Gasteiger partial charge is 0.389 e. The van der Waals surface area contributed by atoms with E-state index in [0.717, 1.165) is 0 Å². The number of hydrogen-bond acceptors (Lipinski definition) is 1. The Bertz CT molecular complexity index is 300. The normalized spacial score (nSPS) is 13.5. The second kappa shape index (κ2) is 4.40. The summed E-state index contributed by atoms with van der Waals surface area (Å²) in [5.41, 5.74) is 0.310. The molecule has 0 saturated heterocycles. The monoisotopic (exact) mass is 200 g/mol. The highest BCUT2D eigenvalue weighted by Gasteiger charge is 2.02. The molecule has 1 N–H and O–H groups in total. The quantitative estimate of drug-likeness (QED) is 0.779. The first-order valence-corrected chi connectivity index (χ1v) is 4.29. The van der Waals surface area contributed by atoms with Gasteiger partial charge in [-0.3, -0.25) is 0 Å². The Morgan fingerprint density at radius 1 is 1.54 bits per heavy atom. The molecule has 0 aliphatic rings. The summed E-state index contributed by atoms with van der Waals surface area (Å²) in [4.78, 5) is 0. The standard InChI is InChI=1S/C10H10ClFO/c1-7(13)5-6-8-9(11)3-2-4-10(8)12/h2-7,13H,1H3. The third kappa shape index (κ3) is 2.83. The zero-order valence-electron chi connectivity index (χ0n) is 7.17. The molecule has 0 aliphatic heterocycles. The van der Waals surface area contributed by atoms with Gasteiger partial charge in [-0.1, -0.05) is 29.8 Å². The summed E-state index contributed by atoms with van der Waals surface area (Å²) < 4.78 is 13.1. The van der Waals surface area contributed by atoms with Gasteiger partial charge in [-0.2, -0.15) is 0 Å². The van der Waals surface area contributed by atoms with Gasteiger partial charge in [-0.25, -0.2) is 4.39 Å². The summed E-state index contributed by atoms with van der Waals surface area (Å²) in [6.45, 7) is 1.59. The molecule has 0 fully saturated rings. The van der Waals surface area contributed by atoms with Crippen molar-refractivity contribution in [2.45, 2.75) is 13.0 Å². The molecular weight excluding hydrogens is 191 g/mol. The zero-order valence-corrected chi connectivity index (χ0v) is 7.92. The highest BCUT2D eigenvalue weighted by molar-refractivity contribution is 6.32. The molecule has 0 spiro atoms. The molecule has 1 atom stereocenters. The van der Waals surface area contributed by atoms with E-state index in [1.165, 1.54) is 24.3 Å². The van der Waals surface area contributed by atoms with Crippen molar-refractivity contribution < 1.29 is 9.50 Å². The van der Waals surface area contributed by atoms with Crippen LogP contribution < -0.4 is 0 Å². The van der Waals surface area contributed by atoms with E-state index in [4.69, 9.17) is 16.7 Å². The van der Waals surface area contributed by atoms with E-state index in [0.29, 0.717) is 10.6 Å². The maximum atomic E-state index is 13.1. The average Bonchev–Trinajstić information content (AvgIpc) is 2.03. The molecule has 0 radical (unpaired) electrons. The summed E-state index contributed by atoms with van der Waals surface area (Å²) >= 11 is 5.74. The van der Waals surface area contributed by atoms with E-state index < -0.39 is 6.10 Å². The molecule has 13 heavy (non-hydrogen) atoms. The fourth-order valence-corrected chi connectivity index (χ4v) is 1.13.